The first-order chi connectivity index (χ1) is 14.8. The highest BCUT2D eigenvalue weighted by Crippen LogP contribution is 2.53. The Hall–Kier alpha value is -2.85. The molecular weight excluding hydrogens is 391 g/mol. The van der Waals surface area contributed by atoms with Gasteiger partial charge in [0, 0.05) is 17.5 Å². The summed E-state index contributed by atoms with van der Waals surface area (Å²) in [5.74, 6) is 1.24. The molecule has 0 aliphatic carbocycles. The zero-order chi connectivity index (χ0) is 22.2. The van der Waals surface area contributed by atoms with E-state index < -0.39 is 0 Å². The largest absolute Gasteiger partial charge is 0.484 e. The van der Waals surface area contributed by atoms with Gasteiger partial charge in [-0.1, -0.05) is 56.3 Å². The first kappa shape index (κ1) is 21.4. The maximum absolute atomic E-state index is 13.7. The summed E-state index contributed by atoms with van der Waals surface area (Å²) < 4.78 is 26.5. The predicted molar refractivity (Wildman–Crippen MR) is 121 cm³/mol. The molecule has 1 heterocycles. The number of aliphatic hydroxyl groups is 1. The molecule has 0 saturated carbocycles. The van der Waals surface area contributed by atoms with Gasteiger partial charge in [-0.3, -0.25) is 0 Å². The molecular formula is C27H29FO3. The van der Waals surface area contributed by atoms with Gasteiger partial charge < -0.3 is 14.6 Å². The van der Waals surface area contributed by atoms with Gasteiger partial charge >= 0.3 is 0 Å². The summed E-state index contributed by atoms with van der Waals surface area (Å²) >= 11 is 0. The van der Waals surface area contributed by atoms with Crippen LogP contribution in [0.4, 0.5) is 4.39 Å². The monoisotopic (exact) mass is 420 g/mol. The molecule has 4 heteroatoms. The number of benzene rings is 3. The quantitative estimate of drug-likeness (QED) is 0.501. The lowest BCUT2D eigenvalue weighted by molar-refractivity contribution is 0.131. The summed E-state index contributed by atoms with van der Waals surface area (Å²) in [6.45, 7) is 8.62. The van der Waals surface area contributed by atoms with Crippen molar-refractivity contribution in [3.8, 4) is 22.6 Å². The number of aliphatic hydroxyl groups excluding tert-OH is 1. The maximum Gasteiger partial charge on any atom is 0.170 e. The number of hydrogen-bond acceptors (Lipinski definition) is 3. The molecule has 0 saturated heterocycles. The first-order valence-electron chi connectivity index (χ1n) is 10.7. The van der Waals surface area contributed by atoms with Crippen molar-refractivity contribution in [3.05, 3.63) is 82.7 Å². The van der Waals surface area contributed by atoms with Gasteiger partial charge in [0.05, 0.1) is 6.61 Å². The van der Waals surface area contributed by atoms with Crippen LogP contribution in [0, 0.1) is 5.82 Å². The Labute approximate surface area is 183 Å². The van der Waals surface area contributed by atoms with Gasteiger partial charge in [-0.2, -0.15) is 0 Å². The molecule has 1 aliphatic heterocycles. The van der Waals surface area contributed by atoms with Gasteiger partial charge in [0.25, 0.3) is 0 Å². The minimum absolute atomic E-state index is 0.129. The SMILES string of the molecule is CC(C)c1c2c(c(OCc3ccccc3)c(-c3ccc(F)cc3)c1CO)OC(C)(C)C2. The Kier molecular flexibility index (Phi) is 5.76. The smallest absolute Gasteiger partial charge is 0.170 e. The second-order valence-corrected chi connectivity index (χ2v) is 9.04. The van der Waals surface area contributed by atoms with E-state index in [1.54, 1.807) is 12.1 Å². The molecule has 0 aromatic heterocycles. The summed E-state index contributed by atoms with van der Waals surface area (Å²) in [7, 11) is 0. The summed E-state index contributed by atoms with van der Waals surface area (Å²) in [4.78, 5) is 0. The van der Waals surface area contributed by atoms with Crippen LogP contribution in [0.3, 0.4) is 0 Å². The van der Waals surface area contributed by atoms with Crippen molar-refractivity contribution in [3.63, 3.8) is 0 Å². The zero-order valence-corrected chi connectivity index (χ0v) is 18.5. The van der Waals surface area contributed by atoms with E-state index in [1.807, 2.05) is 30.3 Å². The van der Waals surface area contributed by atoms with E-state index in [4.69, 9.17) is 9.47 Å². The van der Waals surface area contributed by atoms with Crippen LogP contribution < -0.4 is 9.47 Å². The predicted octanol–water partition coefficient (Wildman–Crippen LogP) is 6.40. The molecule has 0 atom stereocenters. The summed E-state index contributed by atoms with van der Waals surface area (Å²) in [6, 6.07) is 16.3. The van der Waals surface area contributed by atoms with Crippen molar-refractivity contribution < 1.29 is 19.0 Å². The highest BCUT2D eigenvalue weighted by molar-refractivity contribution is 5.81. The number of rotatable bonds is 6. The molecule has 1 N–H and O–H groups in total. The molecule has 0 fully saturated rings. The Balaban J connectivity index is 1.96. The minimum Gasteiger partial charge on any atom is -0.484 e. The Morgan fingerprint density at radius 2 is 1.74 bits per heavy atom. The van der Waals surface area contributed by atoms with Gasteiger partial charge in [0.15, 0.2) is 11.5 Å². The maximum atomic E-state index is 13.7. The van der Waals surface area contributed by atoms with Crippen molar-refractivity contribution in [2.24, 2.45) is 0 Å². The van der Waals surface area contributed by atoms with Crippen LogP contribution in [0.2, 0.25) is 0 Å². The van der Waals surface area contributed by atoms with E-state index in [-0.39, 0.29) is 23.9 Å². The molecule has 3 aromatic rings. The van der Waals surface area contributed by atoms with Crippen LogP contribution in [0.1, 0.15) is 55.9 Å². The third-order valence-corrected chi connectivity index (χ3v) is 5.73. The van der Waals surface area contributed by atoms with Crippen molar-refractivity contribution >= 4 is 0 Å². The third kappa shape index (κ3) is 4.17. The van der Waals surface area contributed by atoms with Crippen molar-refractivity contribution in [1.82, 2.24) is 0 Å². The fourth-order valence-corrected chi connectivity index (χ4v) is 4.50. The fourth-order valence-electron chi connectivity index (χ4n) is 4.50. The zero-order valence-electron chi connectivity index (χ0n) is 18.5. The molecule has 0 radical (unpaired) electrons. The number of halogens is 1. The summed E-state index contributed by atoms with van der Waals surface area (Å²) in [5, 5.41) is 10.5. The summed E-state index contributed by atoms with van der Waals surface area (Å²) in [6.07, 6.45) is 0.744. The molecule has 31 heavy (non-hydrogen) atoms. The standard InChI is InChI=1S/C27H29FO3/c1-17(2)23-21-14-27(3,4)31-25(21)26(30-16-18-8-6-5-7-9-18)24(22(23)15-29)19-10-12-20(28)13-11-19/h5-13,17,29H,14-16H2,1-4H3. The third-order valence-electron chi connectivity index (χ3n) is 5.73. The molecule has 0 bridgehead atoms. The Morgan fingerprint density at radius 3 is 2.35 bits per heavy atom. The fraction of sp³-hybridized carbons (Fsp3) is 0.333. The Bertz CT molecular complexity index is 1070. The van der Waals surface area contributed by atoms with E-state index in [0.29, 0.717) is 12.4 Å². The molecule has 0 unspecified atom stereocenters. The number of fused-ring (bicyclic) bond motifs is 1. The van der Waals surface area contributed by atoms with Crippen LogP contribution in [0.5, 0.6) is 11.5 Å². The number of ether oxygens (including phenoxy) is 2. The van der Waals surface area contributed by atoms with Gasteiger partial charge in [-0.25, -0.2) is 4.39 Å². The van der Waals surface area contributed by atoms with Gasteiger partial charge in [-0.05, 0) is 54.2 Å². The molecule has 3 aromatic carbocycles. The highest BCUT2D eigenvalue weighted by atomic mass is 19.1. The van der Waals surface area contributed by atoms with Crippen molar-refractivity contribution in [2.45, 2.75) is 58.8 Å². The molecule has 1 aliphatic rings. The highest BCUT2D eigenvalue weighted by Gasteiger charge is 2.38. The van der Waals surface area contributed by atoms with Gasteiger partial charge in [0.2, 0.25) is 0 Å². The van der Waals surface area contributed by atoms with Crippen LogP contribution in [-0.2, 0) is 19.6 Å². The molecule has 0 spiro atoms. The Morgan fingerprint density at radius 1 is 1.06 bits per heavy atom. The lowest BCUT2D eigenvalue weighted by Gasteiger charge is -2.24. The van der Waals surface area contributed by atoms with Crippen LogP contribution in [-0.4, -0.2) is 10.7 Å². The molecule has 3 nitrogen and oxygen atoms in total. The average Bonchev–Trinajstić information content (AvgIpc) is 3.06. The van der Waals surface area contributed by atoms with E-state index >= 15 is 0 Å². The van der Waals surface area contributed by atoms with Gasteiger partial charge in [0.1, 0.15) is 18.0 Å². The second-order valence-electron chi connectivity index (χ2n) is 9.04. The molecule has 162 valence electrons. The van der Waals surface area contributed by atoms with Crippen LogP contribution >= 0.6 is 0 Å². The first-order valence-corrected chi connectivity index (χ1v) is 10.7. The van der Waals surface area contributed by atoms with Crippen LogP contribution in [0.25, 0.3) is 11.1 Å². The van der Waals surface area contributed by atoms with E-state index in [0.717, 1.165) is 45.6 Å². The second kappa shape index (κ2) is 8.35. The van der Waals surface area contributed by atoms with Crippen molar-refractivity contribution in [2.75, 3.05) is 0 Å². The molecule has 4 rings (SSSR count). The van der Waals surface area contributed by atoms with Crippen molar-refractivity contribution in [1.29, 1.82) is 0 Å². The van der Waals surface area contributed by atoms with Crippen LogP contribution in [0.15, 0.2) is 54.6 Å². The lowest BCUT2D eigenvalue weighted by Crippen LogP contribution is -2.25. The summed E-state index contributed by atoms with van der Waals surface area (Å²) in [5.41, 5.74) is 5.25. The van der Waals surface area contributed by atoms with Gasteiger partial charge in [-0.15, -0.1) is 0 Å². The average molecular weight is 421 g/mol. The minimum atomic E-state index is -0.370. The van der Waals surface area contributed by atoms with E-state index in [2.05, 4.69) is 27.7 Å². The van der Waals surface area contributed by atoms with E-state index in [9.17, 15) is 9.50 Å². The molecule has 0 amide bonds. The normalized spacial score (nSPS) is 14.4. The topological polar surface area (TPSA) is 38.7 Å². The van der Waals surface area contributed by atoms with E-state index in [1.165, 1.54) is 12.1 Å². The number of hydrogen-bond donors (Lipinski definition) is 1. The lowest BCUT2D eigenvalue weighted by atomic mass is 9.83.